The molecule has 3 aliphatic heterocycles. The fourth-order valence-electron chi connectivity index (χ4n) is 2.79. The number of rotatable bonds is 5. The summed E-state index contributed by atoms with van der Waals surface area (Å²) in [6.45, 7) is 3.29. The van der Waals surface area contributed by atoms with E-state index >= 15 is 0 Å². The van der Waals surface area contributed by atoms with E-state index in [4.69, 9.17) is 10.2 Å². The van der Waals surface area contributed by atoms with E-state index in [0.29, 0.717) is 5.92 Å². The largest absolute Gasteiger partial charge is 0.479 e. The highest BCUT2D eigenvalue weighted by Crippen LogP contribution is 2.27. The number of hydrogen-bond acceptors (Lipinski definition) is 4. The van der Waals surface area contributed by atoms with Gasteiger partial charge < -0.3 is 25.7 Å². The summed E-state index contributed by atoms with van der Waals surface area (Å²) in [5.74, 6) is -0.708. The molecule has 0 radical (unpaired) electrons. The van der Waals surface area contributed by atoms with Crippen LogP contribution in [-0.4, -0.2) is 65.4 Å². The fraction of sp³-hybridized carbons (Fsp3) is 0.833. The number of nitrogens with zero attached hydrogens (tertiary/aromatic N) is 1. The molecule has 19 heavy (non-hydrogen) atoms. The number of carboxylic acids is 1. The Morgan fingerprint density at radius 2 is 2.00 bits per heavy atom. The highest BCUT2D eigenvalue weighted by molar-refractivity contribution is 5.74. The van der Waals surface area contributed by atoms with Crippen molar-refractivity contribution in [1.29, 1.82) is 0 Å². The summed E-state index contributed by atoms with van der Waals surface area (Å²) in [4.78, 5) is 24.4. The first-order valence-electron chi connectivity index (χ1n) is 6.74. The number of carboxylic acid groups (broad SMARTS) is 1. The van der Waals surface area contributed by atoms with Crippen molar-refractivity contribution in [2.75, 3.05) is 26.2 Å². The molecule has 108 valence electrons. The molecule has 0 aromatic rings. The number of urea groups is 1. The molecular weight excluding hydrogens is 250 g/mol. The Morgan fingerprint density at radius 1 is 1.32 bits per heavy atom. The van der Waals surface area contributed by atoms with Gasteiger partial charge in [-0.15, -0.1) is 0 Å². The summed E-state index contributed by atoms with van der Waals surface area (Å²) in [6, 6.07) is -0.0942. The number of aliphatic carboxylic acids is 1. The first-order valence-corrected chi connectivity index (χ1v) is 6.74. The van der Waals surface area contributed by atoms with E-state index in [-0.39, 0.29) is 25.0 Å². The standard InChI is InChI=1S/C12H21N3O4/c16-10(11(17)18)1-4-13-12(19)14-9-7-15-5-2-8(9)3-6-15/h8-10,16H,1-7H2,(H,17,18)(H2,13,14,19)/t9?,10-/m0/s1. The first-order chi connectivity index (χ1) is 9.06. The third-order valence-corrected chi connectivity index (χ3v) is 3.96. The van der Waals surface area contributed by atoms with E-state index < -0.39 is 12.1 Å². The van der Waals surface area contributed by atoms with Crippen molar-refractivity contribution < 1.29 is 19.8 Å². The molecule has 3 rings (SSSR count). The normalized spacial score (nSPS) is 30.7. The Balaban J connectivity index is 1.66. The van der Waals surface area contributed by atoms with Crippen LogP contribution in [0.5, 0.6) is 0 Å². The third-order valence-electron chi connectivity index (χ3n) is 3.96. The minimum atomic E-state index is -1.42. The zero-order valence-corrected chi connectivity index (χ0v) is 10.8. The molecule has 4 N–H and O–H groups in total. The summed E-state index contributed by atoms with van der Waals surface area (Å²) in [5.41, 5.74) is 0. The number of amides is 2. The molecule has 3 fully saturated rings. The molecular formula is C12H21N3O4. The molecule has 0 aromatic heterocycles. The molecule has 3 saturated heterocycles. The molecule has 3 aliphatic rings. The number of carbonyl (C=O) groups excluding carboxylic acids is 1. The van der Waals surface area contributed by atoms with Gasteiger partial charge in [0.15, 0.2) is 6.10 Å². The van der Waals surface area contributed by atoms with Crippen molar-refractivity contribution in [2.24, 2.45) is 5.92 Å². The van der Waals surface area contributed by atoms with Gasteiger partial charge in [0, 0.05) is 25.6 Å². The lowest BCUT2D eigenvalue weighted by atomic mass is 9.84. The van der Waals surface area contributed by atoms with Gasteiger partial charge in [0.05, 0.1) is 0 Å². The van der Waals surface area contributed by atoms with Gasteiger partial charge in [-0.25, -0.2) is 9.59 Å². The predicted octanol–water partition coefficient (Wildman–Crippen LogP) is -0.785. The average Bonchev–Trinajstić information content (AvgIpc) is 2.39. The zero-order chi connectivity index (χ0) is 13.8. The van der Waals surface area contributed by atoms with E-state index in [1.165, 1.54) is 0 Å². The van der Waals surface area contributed by atoms with E-state index in [0.717, 1.165) is 32.5 Å². The van der Waals surface area contributed by atoms with Crippen molar-refractivity contribution in [3.05, 3.63) is 0 Å². The van der Waals surface area contributed by atoms with Crippen molar-refractivity contribution in [1.82, 2.24) is 15.5 Å². The van der Waals surface area contributed by atoms with Crippen LogP contribution in [0.15, 0.2) is 0 Å². The smallest absolute Gasteiger partial charge is 0.332 e. The van der Waals surface area contributed by atoms with Crippen LogP contribution in [0.3, 0.4) is 0 Å². The Bertz CT molecular complexity index is 342. The molecule has 7 nitrogen and oxygen atoms in total. The van der Waals surface area contributed by atoms with Gasteiger partial charge in [-0.1, -0.05) is 0 Å². The van der Waals surface area contributed by atoms with Crippen LogP contribution in [0.25, 0.3) is 0 Å². The second-order valence-electron chi connectivity index (χ2n) is 5.29. The van der Waals surface area contributed by atoms with Crippen molar-refractivity contribution in [2.45, 2.75) is 31.4 Å². The van der Waals surface area contributed by atoms with E-state index in [1.807, 2.05) is 0 Å². The number of nitrogens with one attached hydrogen (secondary N) is 2. The van der Waals surface area contributed by atoms with Crippen LogP contribution in [-0.2, 0) is 4.79 Å². The first kappa shape index (κ1) is 14.1. The fourth-order valence-corrected chi connectivity index (χ4v) is 2.79. The third kappa shape index (κ3) is 3.81. The van der Waals surface area contributed by atoms with Crippen LogP contribution in [0.2, 0.25) is 0 Å². The molecule has 2 amide bonds. The topological polar surface area (TPSA) is 102 Å². The monoisotopic (exact) mass is 271 g/mol. The number of carbonyl (C=O) groups is 2. The van der Waals surface area contributed by atoms with E-state index in [9.17, 15) is 9.59 Å². The van der Waals surface area contributed by atoms with Crippen LogP contribution in [0, 0.1) is 5.92 Å². The van der Waals surface area contributed by atoms with Gasteiger partial charge in [0.2, 0.25) is 0 Å². The molecule has 7 heteroatoms. The average molecular weight is 271 g/mol. The summed E-state index contributed by atoms with van der Waals surface area (Å²) in [6.07, 6.45) is 0.853. The van der Waals surface area contributed by atoms with Crippen molar-refractivity contribution in [3.8, 4) is 0 Å². The molecule has 0 aliphatic carbocycles. The summed E-state index contributed by atoms with van der Waals surface area (Å²) >= 11 is 0. The van der Waals surface area contributed by atoms with Gasteiger partial charge in [0.25, 0.3) is 0 Å². The second-order valence-corrected chi connectivity index (χ2v) is 5.29. The minimum Gasteiger partial charge on any atom is -0.479 e. The maximum atomic E-state index is 11.7. The molecule has 0 aromatic carbocycles. The van der Waals surface area contributed by atoms with Crippen LogP contribution in [0.4, 0.5) is 4.79 Å². The number of aliphatic hydroxyl groups excluding tert-OH is 1. The Hall–Kier alpha value is -1.34. The molecule has 1 unspecified atom stereocenters. The van der Waals surface area contributed by atoms with Crippen molar-refractivity contribution >= 4 is 12.0 Å². The van der Waals surface area contributed by atoms with Crippen LogP contribution < -0.4 is 10.6 Å². The molecule has 3 heterocycles. The Morgan fingerprint density at radius 3 is 2.53 bits per heavy atom. The lowest BCUT2D eigenvalue weighted by molar-refractivity contribution is -0.146. The van der Waals surface area contributed by atoms with E-state index in [1.54, 1.807) is 0 Å². The summed E-state index contributed by atoms with van der Waals surface area (Å²) < 4.78 is 0. The predicted molar refractivity (Wildman–Crippen MR) is 67.7 cm³/mol. The number of piperidine rings is 3. The molecule has 2 bridgehead atoms. The maximum Gasteiger partial charge on any atom is 0.332 e. The Kier molecular flexibility index (Phi) is 4.60. The Labute approximate surface area is 112 Å². The minimum absolute atomic E-state index is 0.0168. The maximum absolute atomic E-state index is 11.7. The SMILES string of the molecule is O=C(NCC[C@H](O)C(=O)O)NC1CN2CCC1CC2. The molecule has 0 spiro atoms. The number of hydrogen-bond donors (Lipinski definition) is 4. The van der Waals surface area contributed by atoms with Gasteiger partial charge >= 0.3 is 12.0 Å². The number of aliphatic hydroxyl groups is 1. The van der Waals surface area contributed by atoms with Gasteiger partial charge in [-0.05, 0) is 31.8 Å². The van der Waals surface area contributed by atoms with Gasteiger partial charge in [-0.2, -0.15) is 0 Å². The highest BCUT2D eigenvalue weighted by Gasteiger charge is 2.34. The molecule has 2 atom stereocenters. The zero-order valence-electron chi connectivity index (χ0n) is 10.8. The van der Waals surface area contributed by atoms with Crippen LogP contribution >= 0.6 is 0 Å². The van der Waals surface area contributed by atoms with E-state index in [2.05, 4.69) is 15.5 Å². The quantitative estimate of drug-likeness (QED) is 0.525. The van der Waals surface area contributed by atoms with Crippen LogP contribution in [0.1, 0.15) is 19.3 Å². The van der Waals surface area contributed by atoms with Gasteiger partial charge in [-0.3, -0.25) is 0 Å². The lowest BCUT2D eigenvalue weighted by Crippen LogP contribution is -2.58. The molecule has 0 saturated carbocycles. The van der Waals surface area contributed by atoms with Gasteiger partial charge in [0.1, 0.15) is 0 Å². The van der Waals surface area contributed by atoms with Crippen molar-refractivity contribution in [3.63, 3.8) is 0 Å². The number of fused-ring (bicyclic) bond motifs is 3. The second kappa shape index (κ2) is 6.21. The highest BCUT2D eigenvalue weighted by atomic mass is 16.4. The summed E-state index contributed by atoms with van der Waals surface area (Å²) in [5, 5.41) is 23.1. The lowest BCUT2D eigenvalue weighted by Gasteiger charge is -2.44. The summed E-state index contributed by atoms with van der Waals surface area (Å²) in [7, 11) is 0.